The SMILES string of the molecule is Cc1ccc(-c2cc(N3CCNCC3)nnc2-c2ccccc2)cc1. The van der Waals surface area contributed by atoms with E-state index in [1.54, 1.807) is 0 Å². The molecular weight excluding hydrogens is 308 g/mol. The van der Waals surface area contributed by atoms with Crippen LogP contribution in [-0.2, 0) is 0 Å². The van der Waals surface area contributed by atoms with Gasteiger partial charge in [0.15, 0.2) is 5.82 Å². The molecule has 4 nitrogen and oxygen atoms in total. The topological polar surface area (TPSA) is 41.0 Å². The molecule has 1 fully saturated rings. The third-order valence-electron chi connectivity index (χ3n) is 4.63. The third-order valence-corrected chi connectivity index (χ3v) is 4.63. The molecular formula is C21H22N4. The van der Waals surface area contributed by atoms with E-state index in [0.29, 0.717) is 0 Å². The van der Waals surface area contributed by atoms with Crippen LogP contribution >= 0.6 is 0 Å². The largest absolute Gasteiger partial charge is 0.353 e. The quantitative estimate of drug-likeness (QED) is 0.798. The van der Waals surface area contributed by atoms with E-state index in [4.69, 9.17) is 0 Å². The van der Waals surface area contributed by atoms with Crippen LogP contribution in [0.4, 0.5) is 5.82 Å². The molecule has 1 aromatic heterocycles. The Balaban J connectivity index is 1.82. The fourth-order valence-electron chi connectivity index (χ4n) is 3.19. The number of hydrogen-bond acceptors (Lipinski definition) is 4. The highest BCUT2D eigenvalue weighted by Gasteiger charge is 2.16. The number of nitrogens with one attached hydrogen (secondary N) is 1. The number of anilines is 1. The van der Waals surface area contributed by atoms with Crippen molar-refractivity contribution in [2.75, 3.05) is 31.1 Å². The normalized spacial score (nSPS) is 14.5. The van der Waals surface area contributed by atoms with Gasteiger partial charge in [0.2, 0.25) is 0 Å². The molecule has 1 saturated heterocycles. The van der Waals surface area contributed by atoms with Gasteiger partial charge in [-0.3, -0.25) is 0 Å². The summed E-state index contributed by atoms with van der Waals surface area (Å²) in [6.07, 6.45) is 0. The van der Waals surface area contributed by atoms with E-state index in [2.05, 4.69) is 69.8 Å². The number of benzene rings is 2. The average molecular weight is 330 g/mol. The number of aromatic nitrogens is 2. The Bertz CT molecular complexity index is 838. The minimum Gasteiger partial charge on any atom is -0.353 e. The van der Waals surface area contributed by atoms with Crippen molar-refractivity contribution in [3.8, 4) is 22.4 Å². The van der Waals surface area contributed by atoms with Crippen LogP contribution in [0.3, 0.4) is 0 Å². The molecule has 0 spiro atoms. The lowest BCUT2D eigenvalue weighted by molar-refractivity contribution is 0.583. The molecule has 0 bridgehead atoms. The van der Waals surface area contributed by atoms with Crippen LogP contribution < -0.4 is 10.2 Å². The maximum Gasteiger partial charge on any atom is 0.151 e. The summed E-state index contributed by atoms with van der Waals surface area (Å²) in [4.78, 5) is 2.30. The zero-order valence-electron chi connectivity index (χ0n) is 14.4. The predicted molar refractivity (Wildman–Crippen MR) is 103 cm³/mol. The number of hydrogen-bond donors (Lipinski definition) is 1. The molecule has 1 N–H and O–H groups in total. The van der Waals surface area contributed by atoms with Gasteiger partial charge in [0, 0.05) is 37.3 Å². The lowest BCUT2D eigenvalue weighted by atomic mass is 9.99. The Morgan fingerprint density at radius 3 is 2.28 bits per heavy atom. The molecule has 2 aromatic carbocycles. The molecule has 2 heterocycles. The van der Waals surface area contributed by atoms with E-state index in [9.17, 15) is 0 Å². The molecule has 0 saturated carbocycles. The summed E-state index contributed by atoms with van der Waals surface area (Å²) in [6, 6.07) is 21.1. The smallest absolute Gasteiger partial charge is 0.151 e. The highest BCUT2D eigenvalue weighted by molar-refractivity contribution is 5.82. The van der Waals surface area contributed by atoms with Crippen LogP contribution in [0, 0.1) is 6.92 Å². The molecule has 0 atom stereocenters. The molecule has 1 aliphatic heterocycles. The average Bonchev–Trinajstić information content (AvgIpc) is 2.69. The van der Waals surface area contributed by atoms with E-state index >= 15 is 0 Å². The standard InChI is InChI=1S/C21H22N4/c1-16-7-9-17(10-8-16)19-15-20(25-13-11-22-12-14-25)23-24-21(19)18-5-3-2-4-6-18/h2-10,15,22H,11-14H2,1H3. The van der Waals surface area contributed by atoms with Crippen molar-refractivity contribution in [2.24, 2.45) is 0 Å². The molecule has 0 aliphatic carbocycles. The van der Waals surface area contributed by atoms with E-state index in [1.165, 1.54) is 11.1 Å². The molecule has 4 heteroatoms. The Morgan fingerprint density at radius 2 is 1.56 bits per heavy atom. The van der Waals surface area contributed by atoms with Crippen molar-refractivity contribution in [1.82, 2.24) is 15.5 Å². The first-order valence-corrected chi connectivity index (χ1v) is 8.77. The van der Waals surface area contributed by atoms with Crippen molar-refractivity contribution in [1.29, 1.82) is 0 Å². The molecule has 126 valence electrons. The van der Waals surface area contributed by atoms with Gasteiger partial charge in [-0.15, -0.1) is 10.2 Å². The summed E-state index contributed by atoms with van der Waals surface area (Å²) in [5.74, 6) is 0.955. The summed E-state index contributed by atoms with van der Waals surface area (Å²) < 4.78 is 0. The van der Waals surface area contributed by atoms with Gasteiger partial charge in [-0.05, 0) is 18.6 Å². The van der Waals surface area contributed by atoms with Crippen molar-refractivity contribution in [2.45, 2.75) is 6.92 Å². The third kappa shape index (κ3) is 3.39. The van der Waals surface area contributed by atoms with Crippen molar-refractivity contribution in [3.63, 3.8) is 0 Å². The first-order chi connectivity index (χ1) is 12.3. The summed E-state index contributed by atoms with van der Waals surface area (Å²) in [7, 11) is 0. The van der Waals surface area contributed by atoms with Crippen LogP contribution in [0.2, 0.25) is 0 Å². The van der Waals surface area contributed by atoms with Gasteiger partial charge in [0.25, 0.3) is 0 Å². The zero-order chi connectivity index (χ0) is 17.1. The second kappa shape index (κ2) is 7.03. The van der Waals surface area contributed by atoms with E-state index < -0.39 is 0 Å². The second-order valence-electron chi connectivity index (χ2n) is 6.43. The number of piperazine rings is 1. The zero-order valence-corrected chi connectivity index (χ0v) is 14.4. The molecule has 0 unspecified atom stereocenters. The molecule has 3 aromatic rings. The summed E-state index contributed by atoms with van der Waals surface area (Å²) in [5, 5.41) is 12.5. The van der Waals surface area contributed by atoms with Crippen LogP contribution in [0.5, 0.6) is 0 Å². The lowest BCUT2D eigenvalue weighted by Gasteiger charge is -2.28. The second-order valence-corrected chi connectivity index (χ2v) is 6.43. The van der Waals surface area contributed by atoms with Gasteiger partial charge in [0.1, 0.15) is 5.69 Å². The van der Waals surface area contributed by atoms with Crippen molar-refractivity contribution in [3.05, 3.63) is 66.2 Å². The summed E-state index contributed by atoms with van der Waals surface area (Å²) >= 11 is 0. The Hall–Kier alpha value is -2.72. The van der Waals surface area contributed by atoms with Crippen LogP contribution in [0.25, 0.3) is 22.4 Å². The Kier molecular flexibility index (Phi) is 4.44. The maximum absolute atomic E-state index is 4.61. The maximum atomic E-state index is 4.61. The minimum atomic E-state index is 0.934. The molecule has 0 radical (unpaired) electrons. The van der Waals surface area contributed by atoms with Crippen LogP contribution in [-0.4, -0.2) is 36.4 Å². The molecule has 0 amide bonds. The molecule has 4 rings (SSSR count). The van der Waals surface area contributed by atoms with Crippen molar-refractivity contribution < 1.29 is 0 Å². The number of rotatable bonds is 3. The minimum absolute atomic E-state index is 0.934. The fraction of sp³-hybridized carbons (Fsp3) is 0.238. The summed E-state index contributed by atoms with van der Waals surface area (Å²) in [5.41, 5.74) is 5.60. The van der Waals surface area contributed by atoms with Crippen LogP contribution in [0.15, 0.2) is 60.7 Å². The van der Waals surface area contributed by atoms with Gasteiger partial charge in [-0.1, -0.05) is 60.2 Å². The van der Waals surface area contributed by atoms with E-state index in [1.807, 2.05) is 18.2 Å². The highest BCUT2D eigenvalue weighted by atomic mass is 15.3. The van der Waals surface area contributed by atoms with Crippen molar-refractivity contribution >= 4 is 5.82 Å². The number of aryl methyl sites for hydroxylation is 1. The first-order valence-electron chi connectivity index (χ1n) is 8.77. The first kappa shape index (κ1) is 15.8. The van der Waals surface area contributed by atoms with Gasteiger partial charge < -0.3 is 10.2 Å². The van der Waals surface area contributed by atoms with Gasteiger partial charge in [0.05, 0.1) is 0 Å². The predicted octanol–water partition coefficient (Wildman–Crippen LogP) is 3.53. The van der Waals surface area contributed by atoms with Gasteiger partial charge in [-0.25, -0.2) is 0 Å². The van der Waals surface area contributed by atoms with Crippen LogP contribution in [0.1, 0.15) is 5.56 Å². The Morgan fingerprint density at radius 1 is 0.840 bits per heavy atom. The lowest BCUT2D eigenvalue weighted by Crippen LogP contribution is -2.44. The monoisotopic (exact) mass is 330 g/mol. The van der Waals surface area contributed by atoms with Gasteiger partial charge in [-0.2, -0.15) is 0 Å². The van der Waals surface area contributed by atoms with Gasteiger partial charge >= 0.3 is 0 Å². The Labute approximate surface area is 148 Å². The molecule has 1 aliphatic rings. The van der Waals surface area contributed by atoms with E-state index in [0.717, 1.165) is 48.8 Å². The highest BCUT2D eigenvalue weighted by Crippen LogP contribution is 2.32. The fourth-order valence-corrected chi connectivity index (χ4v) is 3.19. The number of nitrogens with zero attached hydrogens (tertiary/aromatic N) is 3. The summed E-state index contributed by atoms with van der Waals surface area (Å²) in [6.45, 7) is 6.02. The van der Waals surface area contributed by atoms with E-state index in [-0.39, 0.29) is 0 Å². The molecule has 25 heavy (non-hydrogen) atoms.